The predicted octanol–water partition coefficient (Wildman–Crippen LogP) is 3.79. The Morgan fingerprint density at radius 1 is 1.15 bits per heavy atom. The molecule has 8 heteroatoms. The second-order valence-electron chi connectivity index (χ2n) is 7.78. The minimum Gasteiger partial charge on any atom is -0.506 e. The molecular formula is C25H21N3O5. The van der Waals surface area contributed by atoms with Crippen LogP contribution in [0.2, 0.25) is 0 Å². The number of nitrogens with one attached hydrogen (secondary N) is 1. The molecule has 0 fully saturated rings. The number of anilines is 1. The maximum absolute atomic E-state index is 13.4. The maximum Gasteiger partial charge on any atom is 0.265 e. The molecule has 0 aliphatic carbocycles. The van der Waals surface area contributed by atoms with Crippen LogP contribution in [0, 0.1) is 0 Å². The molecule has 2 N–H and O–H groups in total. The summed E-state index contributed by atoms with van der Waals surface area (Å²) in [4.78, 5) is 30.5. The summed E-state index contributed by atoms with van der Waals surface area (Å²) < 4.78 is 12.3. The van der Waals surface area contributed by atoms with Gasteiger partial charge in [-0.25, -0.2) is 0 Å². The van der Waals surface area contributed by atoms with Crippen molar-refractivity contribution < 1.29 is 19.4 Å². The number of pyridine rings is 2. The Balaban J connectivity index is 1.54. The summed E-state index contributed by atoms with van der Waals surface area (Å²) in [6.07, 6.45) is 3.23. The molecular weight excluding hydrogens is 422 g/mol. The van der Waals surface area contributed by atoms with E-state index in [4.69, 9.17) is 9.47 Å². The summed E-state index contributed by atoms with van der Waals surface area (Å²) in [6, 6.07) is 15.5. The summed E-state index contributed by atoms with van der Waals surface area (Å²) in [5.41, 5.74) is 1.27. The molecule has 8 nitrogen and oxygen atoms in total. The third-order valence-electron chi connectivity index (χ3n) is 5.75. The van der Waals surface area contributed by atoms with Gasteiger partial charge in [0.15, 0.2) is 17.3 Å². The Bertz CT molecular complexity index is 1420. The Labute approximate surface area is 189 Å². The number of para-hydroxylation sites is 1. The third kappa shape index (κ3) is 3.76. The largest absolute Gasteiger partial charge is 0.506 e. The van der Waals surface area contributed by atoms with Crippen molar-refractivity contribution in [3.05, 3.63) is 88.5 Å². The lowest BCUT2D eigenvalue weighted by Crippen LogP contribution is -2.26. The van der Waals surface area contributed by atoms with Crippen molar-refractivity contribution in [1.82, 2.24) is 9.55 Å². The Morgan fingerprint density at radius 2 is 1.97 bits per heavy atom. The zero-order valence-corrected chi connectivity index (χ0v) is 17.8. The van der Waals surface area contributed by atoms with Crippen LogP contribution in [-0.2, 0) is 7.05 Å². The van der Waals surface area contributed by atoms with Gasteiger partial charge in [0.1, 0.15) is 11.3 Å². The summed E-state index contributed by atoms with van der Waals surface area (Å²) in [6.45, 7) is 0.138. The first-order valence-corrected chi connectivity index (χ1v) is 10.4. The van der Waals surface area contributed by atoms with Crippen molar-refractivity contribution >= 4 is 22.4 Å². The van der Waals surface area contributed by atoms with E-state index in [2.05, 4.69) is 10.3 Å². The van der Waals surface area contributed by atoms with Crippen LogP contribution >= 0.6 is 0 Å². The SMILES string of the molecule is Cn1c(=O)c(C(=O)C[C@@H](Nc2cccnc2)c2ccc3c(c2)OCO3)c(O)c2ccccc21. The van der Waals surface area contributed by atoms with Gasteiger partial charge in [0.2, 0.25) is 6.79 Å². The topological polar surface area (TPSA) is 103 Å². The van der Waals surface area contributed by atoms with E-state index in [1.165, 1.54) is 4.57 Å². The number of benzene rings is 2. The standard InChI is InChI=1S/C25H21N3O5/c1-28-19-7-3-2-6-17(19)24(30)23(25(28)31)20(29)12-18(27-16-5-4-10-26-13-16)15-8-9-21-22(11-15)33-14-32-21/h2-11,13,18,27,30H,12,14H2,1H3/t18-/m1/s1. The Morgan fingerprint density at radius 3 is 2.79 bits per heavy atom. The number of nitrogens with zero attached hydrogens (tertiary/aromatic N) is 2. The summed E-state index contributed by atoms with van der Waals surface area (Å²) in [5, 5.41) is 14.6. The van der Waals surface area contributed by atoms with Crippen molar-refractivity contribution in [3.63, 3.8) is 0 Å². The first kappa shape index (κ1) is 20.6. The molecule has 1 aliphatic heterocycles. The highest BCUT2D eigenvalue weighted by Gasteiger charge is 2.26. The first-order chi connectivity index (χ1) is 16.0. The van der Waals surface area contributed by atoms with Crippen molar-refractivity contribution in [3.8, 4) is 17.2 Å². The van der Waals surface area contributed by atoms with Crippen molar-refractivity contribution in [2.45, 2.75) is 12.5 Å². The molecule has 2 aromatic heterocycles. The van der Waals surface area contributed by atoms with Crippen LogP contribution in [0.1, 0.15) is 28.4 Å². The fraction of sp³-hybridized carbons (Fsp3) is 0.160. The van der Waals surface area contributed by atoms with E-state index in [0.717, 1.165) is 5.56 Å². The highest BCUT2D eigenvalue weighted by molar-refractivity contribution is 6.03. The quantitative estimate of drug-likeness (QED) is 0.437. The van der Waals surface area contributed by atoms with Gasteiger partial charge in [-0.05, 0) is 42.0 Å². The van der Waals surface area contributed by atoms with Crippen LogP contribution < -0.4 is 20.3 Å². The highest BCUT2D eigenvalue weighted by Crippen LogP contribution is 2.36. The van der Waals surface area contributed by atoms with Crippen LogP contribution in [0.3, 0.4) is 0 Å². The Hall–Kier alpha value is -4.33. The monoisotopic (exact) mass is 443 g/mol. The van der Waals surface area contributed by atoms with Gasteiger partial charge >= 0.3 is 0 Å². The molecule has 0 radical (unpaired) electrons. The van der Waals surface area contributed by atoms with Gasteiger partial charge < -0.3 is 24.5 Å². The average Bonchev–Trinajstić information content (AvgIpc) is 3.31. The molecule has 0 spiro atoms. The van der Waals surface area contributed by atoms with Crippen LogP contribution in [-0.4, -0.2) is 27.2 Å². The molecule has 0 amide bonds. The minimum absolute atomic E-state index is 0.0737. The molecule has 3 heterocycles. The average molecular weight is 443 g/mol. The molecule has 4 aromatic rings. The van der Waals surface area contributed by atoms with Crippen molar-refractivity contribution in [2.24, 2.45) is 7.05 Å². The number of ketones is 1. The van der Waals surface area contributed by atoms with Gasteiger partial charge in [-0.2, -0.15) is 0 Å². The van der Waals surface area contributed by atoms with Gasteiger partial charge in [0, 0.05) is 31.2 Å². The molecule has 1 atom stereocenters. The van der Waals surface area contributed by atoms with E-state index < -0.39 is 17.4 Å². The van der Waals surface area contributed by atoms with E-state index in [9.17, 15) is 14.7 Å². The second-order valence-corrected chi connectivity index (χ2v) is 7.78. The molecule has 166 valence electrons. The van der Waals surface area contributed by atoms with E-state index >= 15 is 0 Å². The van der Waals surface area contributed by atoms with E-state index in [0.29, 0.717) is 28.1 Å². The predicted molar refractivity (Wildman–Crippen MR) is 123 cm³/mol. The molecule has 1 aliphatic rings. The normalized spacial score (nSPS) is 13.1. The number of hydrogen-bond donors (Lipinski definition) is 2. The third-order valence-corrected chi connectivity index (χ3v) is 5.75. The second kappa shape index (κ2) is 8.31. The number of carbonyl (C=O) groups excluding carboxylic acids is 1. The molecule has 33 heavy (non-hydrogen) atoms. The van der Waals surface area contributed by atoms with Crippen LogP contribution in [0.25, 0.3) is 10.9 Å². The number of rotatable bonds is 6. The van der Waals surface area contributed by atoms with Crippen LogP contribution in [0.5, 0.6) is 17.2 Å². The van der Waals surface area contributed by atoms with Crippen LogP contribution in [0.4, 0.5) is 5.69 Å². The Kier molecular flexibility index (Phi) is 5.18. The summed E-state index contributed by atoms with van der Waals surface area (Å²) in [7, 11) is 1.59. The van der Waals surface area contributed by atoms with Gasteiger partial charge in [0.25, 0.3) is 5.56 Å². The van der Waals surface area contributed by atoms with Gasteiger partial charge in [-0.15, -0.1) is 0 Å². The minimum atomic E-state index is -0.540. The van der Waals surface area contributed by atoms with E-state index in [-0.39, 0.29) is 24.5 Å². The molecule has 0 unspecified atom stereocenters. The lowest BCUT2D eigenvalue weighted by Gasteiger charge is -2.20. The molecule has 5 rings (SSSR count). The van der Waals surface area contributed by atoms with E-state index in [1.807, 2.05) is 18.2 Å². The number of aryl methyl sites for hydroxylation is 1. The number of carbonyl (C=O) groups is 1. The van der Waals surface area contributed by atoms with Crippen molar-refractivity contribution in [2.75, 3.05) is 12.1 Å². The zero-order valence-electron chi connectivity index (χ0n) is 17.8. The van der Waals surface area contributed by atoms with Crippen LogP contribution in [0.15, 0.2) is 71.8 Å². The molecule has 0 saturated carbocycles. The van der Waals surface area contributed by atoms with Gasteiger partial charge in [-0.3, -0.25) is 14.6 Å². The highest BCUT2D eigenvalue weighted by atomic mass is 16.7. The smallest absolute Gasteiger partial charge is 0.265 e. The number of aromatic hydroxyl groups is 1. The number of fused-ring (bicyclic) bond motifs is 2. The fourth-order valence-corrected chi connectivity index (χ4v) is 4.05. The lowest BCUT2D eigenvalue weighted by atomic mass is 9.96. The lowest BCUT2D eigenvalue weighted by molar-refractivity contribution is 0.0972. The zero-order chi connectivity index (χ0) is 22.9. The van der Waals surface area contributed by atoms with Gasteiger partial charge in [0.05, 0.1) is 17.2 Å². The number of ether oxygens (including phenoxy) is 2. The summed E-state index contributed by atoms with van der Waals surface area (Å²) in [5.74, 6) is 0.441. The number of aromatic nitrogens is 2. The fourth-order valence-electron chi connectivity index (χ4n) is 4.05. The molecule has 0 saturated heterocycles. The van der Waals surface area contributed by atoms with Crippen molar-refractivity contribution in [1.29, 1.82) is 0 Å². The molecule has 2 aromatic carbocycles. The molecule has 0 bridgehead atoms. The van der Waals surface area contributed by atoms with E-state index in [1.54, 1.807) is 55.8 Å². The van der Waals surface area contributed by atoms with Gasteiger partial charge in [-0.1, -0.05) is 18.2 Å². The maximum atomic E-state index is 13.4. The summed E-state index contributed by atoms with van der Waals surface area (Å²) >= 11 is 0. The number of Topliss-reactive ketones (excluding diaryl/α,β-unsaturated/α-hetero) is 1. The first-order valence-electron chi connectivity index (χ1n) is 10.4. The number of hydrogen-bond acceptors (Lipinski definition) is 7.